The zero-order chi connectivity index (χ0) is 18.0. The summed E-state index contributed by atoms with van der Waals surface area (Å²) in [7, 11) is 5.39. The van der Waals surface area contributed by atoms with E-state index in [0.717, 1.165) is 11.1 Å². The maximum absolute atomic E-state index is 11.5. The molecule has 1 aliphatic rings. The molecule has 2 N–H and O–H groups in total. The summed E-state index contributed by atoms with van der Waals surface area (Å²) in [5, 5.41) is 10.3. The molecule has 25 heavy (non-hydrogen) atoms. The number of hydrogen-bond acceptors (Lipinski definition) is 7. The molecule has 0 spiro atoms. The van der Waals surface area contributed by atoms with E-state index in [1.807, 2.05) is 25.1 Å². The van der Waals surface area contributed by atoms with Crippen LogP contribution < -0.4 is 15.5 Å². The fourth-order valence-electron chi connectivity index (χ4n) is 2.46. The van der Waals surface area contributed by atoms with Gasteiger partial charge >= 0.3 is 0 Å². The van der Waals surface area contributed by atoms with Crippen molar-refractivity contribution < 1.29 is 9.53 Å². The van der Waals surface area contributed by atoms with Gasteiger partial charge in [-0.05, 0) is 11.6 Å². The third-order valence-electron chi connectivity index (χ3n) is 3.73. The number of anilines is 2. The minimum Gasteiger partial charge on any atom is -0.383 e. The van der Waals surface area contributed by atoms with Gasteiger partial charge in [-0.3, -0.25) is 4.79 Å². The number of carbonyl (C=O) groups is 1. The van der Waals surface area contributed by atoms with Gasteiger partial charge in [0.15, 0.2) is 5.65 Å². The predicted octanol–water partition coefficient (Wildman–Crippen LogP) is 0.666. The van der Waals surface area contributed by atoms with E-state index in [-0.39, 0.29) is 5.91 Å². The van der Waals surface area contributed by atoms with E-state index in [4.69, 9.17) is 4.74 Å². The first-order chi connectivity index (χ1) is 12.0. The second-order valence-electron chi connectivity index (χ2n) is 5.87. The second-order valence-corrected chi connectivity index (χ2v) is 5.87. The van der Waals surface area contributed by atoms with Crippen LogP contribution in [0.15, 0.2) is 24.0 Å². The lowest BCUT2D eigenvalue weighted by Gasteiger charge is -2.13. The molecular weight excluding hydrogens is 322 g/mol. The van der Waals surface area contributed by atoms with Crippen LogP contribution in [0.5, 0.6) is 0 Å². The summed E-state index contributed by atoms with van der Waals surface area (Å²) in [5.74, 6) is 1.08. The molecule has 2 aromatic heterocycles. The Hall–Kier alpha value is -2.94. The Bertz CT molecular complexity index is 854. The van der Waals surface area contributed by atoms with Gasteiger partial charge in [0.25, 0.3) is 0 Å². The largest absolute Gasteiger partial charge is 0.383 e. The minimum absolute atomic E-state index is 0.0572. The lowest BCUT2D eigenvalue weighted by molar-refractivity contribution is -0.118. The molecule has 0 aliphatic carbocycles. The van der Waals surface area contributed by atoms with Crippen LogP contribution in [0.1, 0.15) is 12.0 Å². The van der Waals surface area contributed by atoms with E-state index in [1.165, 1.54) is 0 Å². The van der Waals surface area contributed by atoms with Crippen LogP contribution in [0.2, 0.25) is 0 Å². The van der Waals surface area contributed by atoms with Gasteiger partial charge in [-0.15, -0.1) is 0 Å². The third-order valence-corrected chi connectivity index (χ3v) is 3.73. The number of methoxy groups -OCH3 is 1. The normalized spacial score (nSPS) is 15.9. The molecule has 0 aromatic carbocycles. The molecule has 0 bridgehead atoms. The molecule has 132 valence electrons. The van der Waals surface area contributed by atoms with Crippen molar-refractivity contribution in [3.63, 3.8) is 0 Å². The number of rotatable bonds is 6. The Morgan fingerprint density at radius 2 is 2.28 bits per heavy atom. The van der Waals surface area contributed by atoms with E-state index in [1.54, 1.807) is 17.8 Å². The van der Waals surface area contributed by atoms with Gasteiger partial charge in [0, 0.05) is 39.0 Å². The fraction of sp³-hybridized carbons (Fsp3) is 0.375. The maximum atomic E-state index is 11.5. The molecule has 3 rings (SSSR count). The van der Waals surface area contributed by atoms with Crippen molar-refractivity contribution in [3.8, 4) is 0 Å². The van der Waals surface area contributed by atoms with E-state index in [9.17, 15) is 4.79 Å². The summed E-state index contributed by atoms with van der Waals surface area (Å²) in [5.41, 5.74) is 2.90. The molecule has 0 unspecified atom stereocenters. The Morgan fingerprint density at radius 3 is 2.92 bits per heavy atom. The number of nitrogens with one attached hydrogen (secondary N) is 2. The third kappa shape index (κ3) is 3.45. The first-order valence-corrected chi connectivity index (χ1v) is 7.85. The molecule has 0 atom stereocenters. The molecule has 0 radical (unpaired) electrons. The molecule has 9 heteroatoms. The molecule has 1 saturated heterocycles. The van der Waals surface area contributed by atoms with Crippen molar-refractivity contribution >= 4 is 29.5 Å². The van der Waals surface area contributed by atoms with Crippen LogP contribution >= 0.6 is 0 Å². The number of aromatic nitrogens is 4. The summed E-state index contributed by atoms with van der Waals surface area (Å²) in [6.07, 6.45) is 3.89. The molecule has 2 aromatic rings. The van der Waals surface area contributed by atoms with Gasteiger partial charge < -0.3 is 20.3 Å². The summed E-state index contributed by atoms with van der Waals surface area (Å²) in [6, 6.07) is 0. The lowest BCUT2D eigenvalue weighted by atomic mass is 10.1. The Kier molecular flexibility index (Phi) is 4.66. The molecular formula is C16H21N7O2. The van der Waals surface area contributed by atoms with Crippen LogP contribution in [0.4, 0.5) is 11.9 Å². The average molecular weight is 343 g/mol. The van der Waals surface area contributed by atoms with Crippen molar-refractivity contribution in [1.82, 2.24) is 24.9 Å². The van der Waals surface area contributed by atoms with Gasteiger partial charge in [0.2, 0.25) is 17.8 Å². The Balaban J connectivity index is 2.04. The SMILES string of the molecule is C=C1NC(=O)C/C1=C\c1cnn2c(NCCOC)nc(N(C)C)nc12. The molecule has 3 heterocycles. The second kappa shape index (κ2) is 6.89. The summed E-state index contributed by atoms with van der Waals surface area (Å²) in [4.78, 5) is 22.4. The summed E-state index contributed by atoms with van der Waals surface area (Å²) in [6.45, 7) is 5.01. The number of ether oxygens (including phenoxy) is 1. The highest BCUT2D eigenvalue weighted by molar-refractivity contribution is 5.89. The van der Waals surface area contributed by atoms with Crippen LogP contribution in [0.3, 0.4) is 0 Å². The number of allylic oxidation sites excluding steroid dienone is 1. The van der Waals surface area contributed by atoms with E-state index in [2.05, 4.69) is 32.3 Å². The first kappa shape index (κ1) is 16.9. The smallest absolute Gasteiger partial charge is 0.230 e. The zero-order valence-corrected chi connectivity index (χ0v) is 14.5. The molecule has 9 nitrogen and oxygen atoms in total. The van der Waals surface area contributed by atoms with Crippen molar-refractivity contribution in [3.05, 3.63) is 29.6 Å². The number of amides is 1. The minimum atomic E-state index is -0.0572. The highest BCUT2D eigenvalue weighted by atomic mass is 16.5. The highest BCUT2D eigenvalue weighted by Crippen LogP contribution is 2.24. The van der Waals surface area contributed by atoms with Crippen molar-refractivity contribution in [1.29, 1.82) is 0 Å². The number of hydrogen-bond donors (Lipinski definition) is 2. The van der Waals surface area contributed by atoms with Crippen LogP contribution in [-0.2, 0) is 9.53 Å². The van der Waals surface area contributed by atoms with Crippen LogP contribution in [0, 0.1) is 0 Å². The standard InChI is InChI=1S/C16H21N7O2/c1-10-11(8-13(24)19-10)7-12-9-18-23-14(12)20-16(22(2)3)21-15(23)17-5-6-25-4/h7,9H,1,5-6,8H2,2-4H3,(H,19,24)(H,17,20,21)/b11-7+. The number of nitrogens with zero attached hydrogens (tertiary/aromatic N) is 5. The highest BCUT2D eigenvalue weighted by Gasteiger charge is 2.20. The lowest BCUT2D eigenvalue weighted by Crippen LogP contribution is -2.18. The maximum Gasteiger partial charge on any atom is 0.230 e. The molecule has 1 amide bonds. The summed E-state index contributed by atoms with van der Waals surface area (Å²) >= 11 is 0. The van der Waals surface area contributed by atoms with Gasteiger partial charge in [-0.25, -0.2) is 0 Å². The summed E-state index contributed by atoms with van der Waals surface area (Å²) < 4.78 is 6.71. The number of fused-ring (bicyclic) bond motifs is 1. The van der Waals surface area contributed by atoms with E-state index >= 15 is 0 Å². The van der Waals surface area contributed by atoms with Crippen LogP contribution in [-0.4, -0.2) is 59.8 Å². The molecule has 1 aliphatic heterocycles. The number of carbonyl (C=O) groups excluding carboxylic acids is 1. The quantitative estimate of drug-likeness (QED) is 0.744. The van der Waals surface area contributed by atoms with Gasteiger partial charge in [0.05, 0.1) is 19.2 Å². The van der Waals surface area contributed by atoms with Gasteiger partial charge in [-0.1, -0.05) is 6.58 Å². The average Bonchev–Trinajstić information content (AvgIpc) is 3.11. The Morgan fingerprint density at radius 1 is 1.48 bits per heavy atom. The van der Waals surface area contributed by atoms with Crippen LogP contribution in [0.25, 0.3) is 11.7 Å². The van der Waals surface area contributed by atoms with Gasteiger partial charge in [0.1, 0.15) is 0 Å². The monoisotopic (exact) mass is 343 g/mol. The molecule has 1 fully saturated rings. The van der Waals surface area contributed by atoms with Crippen molar-refractivity contribution in [2.24, 2.45) is 0 Å². The fourth-order valence-corrected chi connectivity index (χ4v) is 2.46. The van der Waals surface area contributed by atoms with Crippen molar-refractivity contribution in [2.75, 3.05) is 44.6 Å². The van der Waals surface area contributed by atoms with E-state index in [0.29, 0.717) is 42.8 Å². The zero-order valence-electron chi connectivity index (χ0n) is 14.5. The van der Waals surface area contributed by atoms with Crippen molar-refractivity contribution in [2.45, 2.75) is 6.42 Å². The van der Waals surface area contributed by atoms with Gasteiger partial charge in [-0.2, -0.15) is 19.6 Å². The molecule has 0 saturated carbocycles. The first-order valence-electron chi connectivity index (χ1n) is 7.85. The van der Waals surface area contributed by atoms with E-state index < -0.39 is 0 Å². The predicted molar refractivity (Wildman–Crippen MR) is 95.4 cm³/mol. The Labute approximate surface area is 145 Å². The topological polar surface area (TPSA) is 96.7 Å².